The second kappa shape index (κ2) is 10.3. The van der Waals surface area contributed by atoms with Gasteiger partial charge in [-0.2, -0.15) is 9.97 Å². The molecule has 4 saturated heterocycles. The van der Waals surface area contributed by atoms with Crippen LogP contribution in [0, 0.1) is 11.6 Å². The molecule has 0 amide bonds. The summed E-state index contributed by atoms with van der Waals surface area (Å²) in [5, 5.41) is 4.51. The van der Waals surface area contributed by atoms with Gasteiger partial charge in [-0.1, -0.05) is 22.9 Å². The first-order valence-corrected chi connectivity index (χ1v) is 16.0. The fraction of sp³-hybridized carbons (Fsp3) is 0.500. The molecule has 4 fully saturated rings. The zero-order valence-corrected chi connectivity index (χ0v) is 25.3. The molecule has 13 heteroatoms. The van der Waals surface area contributed by atoms with E-state index in [1.54, 1.807) is 13.2 Å². The van der Waals surface area contributed by atoms with Crippen molar-refractivity contribution in [2.24, 2.45) is 0 Å². The van der Waals surface area contributed by atoms with Crippen LogP contribution in [0.2, 0.25) is 5.02 Å². The number of nitrogen functional groups attached to an aromatic ring is 1. The molecule has 9 nitrogen and oxygen atoms in total. The summed E-state index contributed by atoms with van der Waals surface area (Å²) in [6.45, 7) is 3.75. The maximum Gasteiger partial charge on any atom is 0.319 e. The second-order valence-corrected chi connectivity index (χ2v) is 13.7. The number of aromatic nitrogens is 3. The number of methoxy groups -OCH3 is 1. The summed E-state index contributed by atoms with van der Waals surface area (Å²) >= 11 is 7.84. The number of ether oxygens (including phenoxy) is 2. The molecular formula is C30H32ClF2N7O2S. The van der Waals surface area contributed by atoms with E-state index in [2.05, 4.69) is 25.1 Å². The van der Waals surface area contributed by atoms with Crippen LogP contribution in [0.1, 0.15) is 32.1 Å². The van der Waals surface area contributed by atoms with Crippen LogP contribution in [0.3, 0.4) is 0 Å². The number of nitrogens with one attached hydrogen (secondary N) is 1. The van der Waals surface area contributed by atoms with Crippen molar-refractivity contribution in [1.82, 2.24) is 25.2 Å². The largest absolute Gasteiger partial charge is 0.461 e. The van der Waals surface area contributed by atoms with Crippen LogP contribution in [0.5, 0.6) is 6.01 Å². The minimum Gasteiger partial charge on any atom is -0.461 e. The van der Waals surface area contributed by atoms with E-state index in [0.717, 1.165) is 69.6 Å². The predicted octanol–water partition coefficient (Wildman–Crippen LogP) is 4.99. The number of hydrogen-bond acceptors (Lipinski definition) is 10. The highest BCUT2D eigenvalue weighted by Gasteiger charge is 2.49. The third-order valence-electron chi connectivity index (χ3n) is 9.72. The van der Waals surface area contributed by atoms with Crippen LogP contribution in [-0.4, -0.2) is 83.5 Å². The van der Waals surface area contributed by atoms with Gasteiger partial charge in [0.2, 0.25) is 0 Å². The first kappa shape index (κ1) is 27.6. The van der Waals surface area contributed by atoms with Gasteiger partial charge >= 0.3 is 6.01 Å². The number of hydrogen-bond donors (Lipinski definition) is 2. The Morgan fingerprint density at radius 3 is 2.74 bits per heavy atom. The lowest BCUT2D eigenvalue weighted by Crippen LogP contribution is -2.51. The Bertz CT molecular complexity index is 1750. The summed E-state index contributed by atoms with van der Waals surface area (Å²) in [5.41, 5.74) is 6.59. The number of fused-ring (bicyclic) bond motifs is 5. The molecule has 6 heterocycles. The van der Waals surface area contributed by atoms with Crippen LogP contribution in [0.4, 0.5) is 19.7 Å². The van der Waals surface area contributed by atoms with E-state index >= 15 is 4.39 Å². The molecular weight excluding hydrogens is 596 g/mol. The van der Waals surface area contributed by atoms with Crippen molar-refractivity contribution >= 4 is 55.0 Å². The molecule has 2 unspecified atom stereocenters. The van der Waals surface area contributed by atoms with E-state index < -0.39 is 11.6 Å². The van der Waals surface area contributed by atoms with Crippen LogP contribution >= 0.6 is 22.9 Å². The number of anilines is 2. The third kappa shape index (κ3) is 4.52. The molecule has 2 aromatic heterocycles. The summed E-state index contributed by atoms with van der Waals surface area (Å²) in [7, 11) is 1.75. The van der Waals surface area contributed by atoms with Crippen molar-refractivity contribution in [2.75, 3.05) is 50.5 Å². The first-order valence-electron chi connectivity index (χ1n) is 14.8. The fourth-order valence-corrected chi connectivity index (χ4v) is 8.76. The Kier molecular flexibility index (Phi) is 6.64. The van der Waals surface area contributed by atoms with Crippen molar-refractivity contribution < 1.29 is 18.3 Å². The highest BCUT2D eigenvalue weighted by atomic mass is 35.5. The standard InChI is InChI=1S/C30H32ClF2N7O2S/c1-41-17-10-30(7-2-8-40(30)13-17)14-42-29-37-24-19(27(38-29)39-11-15-3-4-16(12-39)35-15)9-20(31)22(23(24)33)18-5-6-21(32)26-25(18)36-28(34)43-26/h5-6,9,15-17,35H,2-4,7-8,10-14H2,1H3,(H2,34,36)/t15?,16?,17-,30+/m0/s1. The van der Waals surface area contributed by atoms with Crippen molar-refractivity contribution in [3.63, 3.8) is 0 Å². The maximum atomic E-state index is 16.8. The summed E-state index contributed by atoms with van der Waals surface area (Å²) in [5.74, 6) is -0.494. The molecule has 226 valence electrons. The Labute approximate surface area is 256 Å². The minimum absolute atomic E-state index is 0.0970. The maximum absolute atomic E-state index is 16.8. The highest BCUT2D eigenvalue weighted by molar-refractivity contribution is 7.22. The molecule has 8 rings (SSSR count). The molecule has 4 aliphatic rings. The van der Waals surface area contributed by atoms with E-state index in [0.29, 0.717) is 35.5 Å². The zero-order valence-electron chi connectivity index (χ0n) is 23.7. The molecule has 4 aromatic rings. The number of benzene rings is 2. The van der Waals surface area contributed by atoms with Gasteiger partial charge in [-0.25, -0.2) is 13.8 Å². The Morgan fingerprint density at radius 1 is 1.14 bits per heavy atom. The monoisotopic (exact) mass is 627 g/mol. The molecule has 4 aliphatic heterocycles. The molecule has 0 spiro atoms. The second-order valence-electron chi connectivity index (χ2n) is 12.3. The lowest BCUT2D eigenvalue weighted by atomic mass is 9.94. The first-order chi connectivity index (χ1) is 20.8. The Morgan fingerprint density at radius 2 is 1.95 bits per heavy atom. The molecule has 0 radical (unpaired) electrons. The lowest BCUT2D eigenvalue weighted by Gasteiger charge is -2.34. The number of piperazine rings is 1. The summed E-state index contributed by atoms with van der Waals surface area (Å²) in [6.07, 6.45) is 5.29. The predicted molar refractivity (Wildman–Crippen MR) is 164 cm³/mol. The van der Waals surface area contributed by atoms with Gasteiger partial charge in [0.15, 0.2) is 10.9 Å². The average Bonchev–Trinajstić information content (AvgIpc) is 3.75. The van der Waals surface area contributed by atoms with Crippen LogP contribution in [-0.2, 0) is 4.74 Å². The molecule has 4 atom stereocenters. The van der Waals surface area contributed by atoms with Crippen LogP contribution < -0.4 is 20.7 Å². The lowest BCUT2D eigenvalue weighted by molar-refractivity contribution is 0.0997. The van der Waals surface area contributed by atoms with Gasteiger partial charge in [0, 0.05) is 55.3 Å². The van der Waals surface area contributed by atoms with Gasteiger partial charge in [0.05, 0.1) is 26.9 Å². The molecule has 43 heavy (non-hydrogen) atoms. The molecule has 0 saturated carbocycles. The Hall–Kier alpha value is -2.90. The molecule has 3 N–H and O–H groups in total. The molecule has 0 aliphatic carbocycles. The van der Waals surface area contributed by atoms with Gasteiger partial charge in [0.25, 0.3) is 0 Å². The van der Waals surface area contributed by atoms with E-state index in [4.69, 9.17) is 31.8 Å². The SMILES string of the molecule is CO[C@@H]1CN2CCC[C@]2(COc2nc(N3CC4CCC(C3)N4)c3cc(Cl)c(-c4ccc(F)c5sc(N)nc45)c(F)c3n2)C1. The average molecular weight is 628 g/mol. The summed E-state index contributed by atoms with van der Waals surface area (Å²) in [4.78, 5) is 18.5. The van der Waals surface area contributed by atoms with E-state index in [-0.39, 0.29) is 49.1 Å². The zero-order chi connectivity index (χ0) is 29.5. The van der Waals surface area contributed by atoms with Crippen molar-refractivity contribution in [2.45, 2.75) is 55.8 Å². The Balaban J connectivity index is 1.25. The van der Waals surface area contributed by atoms with Gasteiger partial charge < -0.3 is 25.4 Å². The molecule has 2 aromatic carbocycles. The van der Waals surface area contributed by atoms with Gasteiger partial charge in [-0.15, -0.1) is 0 Å². The third-order valence-corrected chi connectivity index (χ3v) is 10.9. The highest BCUT2D eigenvalue weighted by Crippen LogP contribution is 2.44. The smallest absolute Gasteiger partial charge is 0.319 e. The number of nitrogens with two attached hydrogens (primary N) is 1. The number of halogens is 3. The quantitative estimate of drug-likeness (QED) is 0.306. The van der Waals surface area contributed by atoms with E-state index in [1.165, 1.54) is 12.1 Å². The van der Waals surface area contributed by atoms with Crippen LogP contribution in [0.25, 0.3) is 32.2 Å². The van der Waals surface area contributed by atoms with Crippen molar-refractivity contribution in [1.29, 1.82) is 0 Å². The number of rotatable bonds is 6. The topological polar surface area (TPSA) is 102 Å². The van der Waals surface area contributed by atoms with E-state index in [1.807, 2.05) is 0 Å². The summed E-state index contributed by atoms with van der Waals surface area (Å²) < 4.78 is 43.7. The normalized spacial score (nSPS) is 27.1. The van der Waals surface area contributed by atoms with Gasteiger partial charge in [-0.05, 0) is 56.8 Å². The summed E-state index contributed by atoms with van der Waals surface area (Å²) in [6, 6.07) is 5.29. The fourth-order valence-electron chi connectivity index (χ4n) is 7.70. The van der Waals surface area contributed by atoms with E-state index in [9.17, 15) is 4.39 Å². The van der Waals surface area contributed by atoms with Crippen molar-refractivity contribution in [3.05, 3.63) is 34.9 Å². The van der Waals surface area contributed by atoms with Crippen LogP contribution in [0.15, 0.2) is 18.2 Å². The van der Waals surface area contributed by atoms with Gasteiger partial charge in [-0.3, -0.25) is 4.90 Å². The number of nitrogens with zero attached hydrogens (tertiary/aromatic N) is 5. The van der Waals surface area contributed by atoms with Crippen molar-refractivity contribution in [3.8, 4) is 17.1 Å². The molecule has 2 bridgehead atoms. The van der Waals surface area contributed by atoms with Gasteiger partial charge in [0.1, 0.15) is 23.8 Å². The number of thiazole rings is 1. The minimum atomic E-state index is -0.630.